The number of carbonyl (C=O) groups excluding carboxylic acids is 3. The number of carbonyl (C=O) groups is 3. The van der Waals surface area contributed by atoms with Crippen LogP contribution in [0.4, 0.5) is 0 Å². The summed E-state index contributed by atoms with van der Waals surface area (Å²) in [5.74, 6) is -1.05. The molecule has 0 saturated heterocycles. The van der Waals surface area contributed by atoms with Gasteiger partial charge in [0.2, 0.25) is 0 Å². The van der Waals surface area contributed by atoms with Crippen LogP contribution < -0.4 is 0 Å². The Bertz CT molecular complexity index is 1340. The largest absolute Gasteiger partial charge is 0.462 e. The molecular weight excluding hydrogens is 757 g/mol. The number of allylic oxidation sites excluding steroid dienone is 20. The minimum Gasteiger partial charge on any atom is -0.462 e. The fraction of sp³-hybridized carbons (Fsp3) is 0.582. The molecule has 0 aliphatic carbocycles. The summed E-state index contributed by atoms with van der Waals surface area (Å²) in [6.07, 6.45) is 66.2. The van der Waals surface area contributed by atoms with Crippen molar-refractivity contribution in [2.24, 2.45) is 0 Å². The number of hydrogen-bond acceptors (Lipinski definition) is 6. The standard InChI is InChI=1S/C55H86O6/c1-4-7-10-13-16-19-22-24-25-26-27-28-29-31-33-36-39-42-45-48-54(57)60-51-52(50-59-53(56)47-44-41-38-35-32-21-18-15-12-9-6-3)61-55(58)49-46-43-40-37-34-30-23-20-17-14-11-8-5-2/h7-8,10-11,14-20,23-25,27-28,31,33,39,42,52H,4-6,9,12-13,21-22,26,29-30,32,34-38,40-41,43-51H2,1-3H3/b10-7-,11-8-,17-14-,18-15-,19-16-,23-20-,25-24-,28-27-,33-31-,42-39-. The van der Waals surface area contributed by atoms with E-state index in [1.165, 1.54) is 25.7 Å². The summed E-state index contributed by atoms with van der Waals surface area (Å²) in [5.41, 5.74) is 0. The first kappa shape index (κ1) is 56.8. The van der Waals surface area contributed by atoms with E-state index in [1.807, 2.05) is 18.2 Å². The van der Waals surface area contributed by atoms with Crippen molar-refractivity contribution in [2.75, 3.05) is 13.2 Å². The minimum absolute atomic E-state index is 0.118. The molecule has 0 heterocycles. The molecule has 0 aliphatic rings. The SMILES string of the molecule is CC\C=C/C=C\C=C/CCCCCCCC(=O)OC(COC(=O)CC/C=C\C/C=C\C/C=C\C/C=C\C/C=C\C/C=C\CC)COC(=O)CCCCCCC/C=C\CCCC. The molecule has 6 nitrogen and oxygen atoms in total. The van der Waals surface area contributed by atoms with E-state index in [0.717, 1.165) is 116 Å². The maximum atomic E-state index is 12.7. The van der Waals surface area contributed by atoms with Crippen molar-refractivity contribution in [2.45, 2.75) is 194 Å². The number of rotatable bonds is 41. The highest BCUT2D eigenvalue weighted by Crippen LogP contribution is 2.12. The van der Waals surface area contributed by atoms with Crippen LogP contribution in [-0.2, 0) is 28.6 Å². The van der Waals surface area contributed by atoms with Crippen LogP contribution in [0, 0.1) is 0 Å². The zero-order chi connectivity index (χ0) is 44.4. The molecule has 0 fully saturated rings. The van der Waals surface area contributed by atoms with Crippen LogP contribution in [-0.4, -0.2) is 37.2 Å². The minimum atomic E-state index is -0.824. The van der Waals surface area contributed by atoms with Crippen LogP contribution in [0.3, 0.4) is 0 Å². The lowest BCUT2D eigenvalue weighted by molar-refractivity contribution is -0.166. The molecule has 0 aromatic rings. The summed E-state index contributed by atoms with van der Waals surface area (Å²) < 4.78 is 16.6. The third-order valence-electron chi connectivity index (χ3n) is 9.51. The van der Waals surface area contributed by atoms with Gasteiger partial charge in [-0.25, -0.2) is 0 Å². The van der Waals surface area contributed by atoms with Crippen LogP contribution in [0.1, 0.15) is 188 Å². The molecule has 0 N–H and O–H groups in total. The van der Waals surface area contributed by atoms with Crippen LogP contribution >= 0.6 is 0 Å². The van der Waals surface area contributed by atoms with E-state index < -0.39 is 6.10 Å². The summed E-state index contributed by atoms with van der Waals surface area (Å²) in [6.45, 7) is 6.23. The molecule has 1 atom stereocenters. The molecule has 0 aromatic carbocycles. The predicted octanol–water partition coefficient (Wildman–Crippen LogP) is 15.7. The predicted molar refractivity (Wildman–Crippen MR) is 260 cm³/mol. The second kappa shape index (κ2) is 48.5. The van der Waals surface area contributed by atoms with Gasteiger partial charge in [0, 0.05) is 19.3 Å². The Morgan fingerprint density at radius 2 is 0.754 bits per heavy atom. The Morgan fingerprint density at radius 3 is 1.28 bits per heavy atom. The maximum Gasteiger partial charge on any atom is 0.306 e. The molecule has 0 spiro atoms. The van der Waals surface area contributed by atoms with Crippen molar-refractivity contribution < 1.29 is 28.6 Å². The number of unbranched alkanes of at least 4 members (excludes halogenated alkanes) is 12. The Hall–Kier alpha value is -4.19. The molecule has 342 valence electrons. The molecule has 6 heteroatoms. The van der Waals surface area contributed by atoms with E-state index in [-0.39, 0.29) is 44.0 Å². The van der Waals surface area contributed by atoms with Gasteiger partial charge in [-0.15, -0.1) is 0 Å². The van der Waals surface area contributed by atoms with Gasteiger partial charge < -0.3 is 14.2 Å². The van der Waals surface area contributed by atoms with Gasteiger partial charge in [0.25, 0.3) is 0 Å². The van der Waals surface area contributed by atoms with Gasteiger partial charge in [0.15, 0.2) is 6.10 Å². The summed E-state index contributed by atoms with van der Waals surface area (Å²) in [7, 11) is 0. The van der Waals surface area contributed by atoms with Gasteiger partial charge >= 0.3 is 17.9 Å². The van der Waals surface area contributed by atoms with Gasteiger partial charge in [0.1, 0.15) is 13.2 Å². The second-order valence-corrected chi connectivity index (χ2v) is 15.3. The first-order valence-electron chi connectivity index (χ1n) is 24.1. The van der Waals surface area contributed by atoms with Gasteiger partial charge in [-0.3, -0.25) is 14.4 Å². The molecule has 61 heavy (non-hydrogen) atoms. The molecule has 0 aromatic heterocycles. The smallest absolute Gasteiger partial charge is 0.306 e. The maximum absolute atomic E-state index is 12.7. The summed E-state index contributed by atoms with van der Waals surface area (Å²) >= 11 is 0. The molecule has 0 rings (SSSR count). The van der Waals surface area contributed by atoms with Crippen molar-refractivity contribution in [1.82, 2.24) is 0 Å². The Labute approximate surface area is 373 Å². The first-order valence-corrected chi connectivity index (χ1v) is 24.1. The van der Waals surface area contributed by atoms with Gasteiger partial charge in [0.05, 0.1) is 0 Å². The average Bonchev–Trinajstić information content (AvgIpc) is 3.26. The highest BCUT2D eigenvalue weighted by molar-refractivity contribution is 5.71. The average molecular weight is 843 g/mol. The Kier molecular flexibility index (Phi) is 45.1. The van der Waals surface area contributed by atoms with Crippen molar-refractivity contribution >= 4 is 17.9 Å². The lowest BCUT2D eigenvalue weighted by Gasteiger charge is -2.18. The molecular formula is C55H86O6. The summed E-state index contributed by atoms with van der Waals surface area (Å²) in [4.78, 5) is 37.8. The first-order chi connectivity index (χ1) is 30.0. The lowest BCUT2D eigenvalue weighted by Crippen LogP contribution is -2.30. The van der Waals surface area contributed by atoms with Gasteiger partial charge in [-0.2, -0.15) is 0 Å². The lowest BCUT2D eigenvalue weighted by atomic mass is 10.1. The fourth-order valence-electron chi connectivity index (χ4n) is 5.92. The summed E-state index contributed by atoms with van der Waals surface area (Å²) in [5, 5.41) is 0. The third-order valence-corrected chi connectivity index (χ3v) is 9.51. The highest BCUT2D eigenvalue weighted by atomic mass is 16.6. The van der Waals surface area contributed by atoms with Crippen LogP contribution in [0.15, 0.2) is 122 Å². The normalized spacial score (nSPS) is 13.2. The molecule has 0 saturated carbocycles. The molecule has 0 aliphatic heterocycles. The third kappa shape index (κ3) is 46.7. The zero-order valence-electron chi connectivity index (χ0n) is 38.9. The molecule has 1 unspecified atom stereocenters. The Balaban J connectivity index is 4.55. The molecule has 0 radical (unpaired) electrons. The molecule has 0 amide bonds. The monoisotopic (exact) mass is 843 g/mol. The zero-order valence-corrected chi connectivity index (χ0v) is 38.9. The quantitative estimate of drug-likeness (QED) is 0.0201. The Morgan fingerprint density at radius 1 is 0.361 bits per heavy atom. The van der Waals surface area contributed by atoms with E-state index in [1.54, 1.807) is 0 Å². The van der Waals surface area contributed by atoms with Crippen LogP contribution in [0.25, 0.3) is 0 Å². The number of esters is 3. The van der Waals surface area contributed by atoms with E-state index in [2.05, 4.69) is 124 Å². The fourth-order valence-corrected chi connectivity index (χ4v) is 5.92. The van der Waals surface area contributed by atoms with Gasteiger partial charge in [-0.05, 0) is 96.3 Å². The highest BCUT2D eigenvalue weighted by Gasteiger charge is 2.19. The number of hydrogen-bond donors (Lipinski definition) is 0. The van der Waals surface area contributed by atoms with Crippen molar-refractivity contribution in [3.8, 4) is 0 Å². The van der Waals surface area contributed by atoms with E-state index in [9.17, 15) is 14.4 Å². The topological polar surface area (TPSA) is 78.9 Å². The second-order valence-electron chi connectivity index (χ2n) is 15.3. The van der Waals surface area contributed by atoms with E-state index >= 15 is 0 Å². The van der Waals surface area contributed by atoms with Crippen LogP contribution in [0.5, 0.6) is 0 Å². The van der Waals surface area contributed by atoms with Crippen molar-refractivity contribution in [1.29, 1.82) is 0 Å². The van der Waals surface area contributed by atoms with Crippen molar-refractivity contribution in [3.63, 3.8) is 0 Å². The van der Waals surface area contributed by atoms with Crippen LogP contribution in [0.2, 0.25) is 0 Å². The summed E-state index contributed by atoms with van der Waals surface area (Å²) in [6, 6.07) is 0. The molecule has 0 bridgehead atoms. The van der Waals surface area contributed by atoms with E-state index in [0.29, 0.717) is 12.8 Å². The van der Waals surface area contributed by atoms with E-state index in [4.69, 9.17) is 14.2 Å². The van der Waals surface area contributed by atoms with Crippen molar-refractivity contribution in [3.05, 3.63) is 122 Å². The number of ether oxygens (including phenoxy) is 3. The van der Waals surface area contributed by atoms with Gasteiger partial charge in [-0.1, -0.05) is 194 Å².